The Bertz CT molecular complexity index is 951. The quantitative estimate of drug-likeness (QED) is 0.588. The van der Waals surface area contributed by atoms with Crippen molar-refractivity contribution in [2.45, 2.75) is 18.6 Å². The van der Waals surface area contributed by atoms with Gasteiger partial charge in [0.2, 0.25) is 5.60 Å². The highest BCUT2D eigenvalue weighted by atomic mass is 19.1. The first-order chi connectivity index (χ1) is 14.4. The Balaban J connectivity index is 1.70. The number of halogens is 1. The number of esters is 1. The van der Waals surface area contributed by atoms with Crippen LogP contribution in [0, 0.1) is 5.82 Å². The van der Waals surface area contributed by atoms with Gasteiger partial charge in [0, 0.05) is 0 Å². The summed E-state index contributed by atoms with van der Waals surface area (Å²) in [4.78, 5) is 25.1. The van der Waals surface area contributed by atoms with Crippen molar-refractivity contribution in [3.05, 3.63) is 107 Å². The molecule has 3 aromatic rings. The van der Waals surface area contributed by atoms with Crippen LogP contribution in [0.5, 0.6) is 0 Å². The van der Waals surface area contributed by atoms with Crippen LogP contribution in [-0.4, -0.2) is 23.6 Å². The fourth-order valence-corrected chi connectivity index (χ4v) is 3.11. The van der Waals surface area contributed by atoms with E-state index in [2.05, 4.69) is 5.32 Å². The molecule has 0 radical (unpaired) electrons. The molecule has 0 bridgehead atoms. The molecule has 2 N–H and O–H groups in total. The summed E-state index contributed by atoms with van der Waals surface area (Å²) < 4.78 is 18.2. The lowest BCUT2D eigenvalue weighted by Gasteiger charge is -2.27. The predicted octanol–water partition coefficient (Wildman–Crippen LogP) is 3.48. The molecule has 0 unspecified atom stereocenters. The Morgan fingerprint density at radius 3 is 1.93 bits per heavy atom. The maximum absolute atomic E-state index is 13.0. The molecular weight excluding hydrogens is 385 g/mol. The van der Waals surface area contributed by atoms with Gasteiger partial charge >= 0.3 is 5.97 Å². The number of rotatable bonds is 7. The van der Waals surface area contributed by atoms with Gasteiger partial charge in [-0.2, -0.15) is 0 Å². The van der Waals surface area contributed by atoms with Gasteiger partial charge in [-0.25, -0.2) is 9.18 Å². The largest absolute Gasteiger partial charge is 0.453 e. The third kappa shape index (κ3) is 4.72. The van der Waals surface area contributed by atoms with Gasteiger partial charge in [0.05, 0.1) is 6.04 Å². The third-order valence-corrected chi connectivity index (χ3v) is 4.76. The van der Waals surface area contributed by atoms with E-state index in [9.17, 15) is 19.1 Å². The van der Waals surface area contributed by atoms with Crippen molar-refractivity contribution < 1.29 is 23.8 Å². The minimum Gasteiger partial charge on any atom is -0.453 e. The first-order valence-corrected chi connectivity index (χ1v) is 9.46. The third-order valence-electron chi connectivity index (χ3n) is 4.76. The van der Waals surface area contributed by atoms with E-state index >= 15 is 0 Å². The highest BCUT2D eigenvalue weighted by Crippen LogP contribution is 2.31. The lowest BCUT2D eigenvalue weighted by atomic mass is 9.86. The molecule has 5 nitrogen and oxygen atoms in total. The molecule has 6 heteroatoms. The van der Waals surface area contributed by atoms with E-state index in [1.807, 2.05) is 0 Å². The summed E-state index contributed by atoms with van der Waals surface area (Å²) in [6.07, 6.45) is 0. The van der Waals surface area contributed by atoms with Crippen LogP contribution in [0.3, 0.4) is 0 Å². The van der Waals surface area contributed by atoms with E-state index in [0.29, 0.717) is 16.7 Å². The summed E-state index contributed by atoms with van der Waals surface area (Å²) in [5.74, 6) is -1.86. The summed E-state index contributed by atoms with van der Waals surface area (Å²) in [6, 6.07) is 22.1. The fraction of sp³-hybridized carbons (Fsp3) is 0.167. The zero-order chi connectivity index (χ0) is 21.6. The predicted molar refractivity (Wildman–Crippen MR) is 110 cm³/mol. The Morgan fingerprint density at radius 2 is 1.43 bits per heavy atom. The molecule has 0 saturated carbocycles. The van der Waals surface area contributed by atoms with Crippen LogP contribution in [-0.2, 0) is 19.9 Å². The molecular formula is C24H22FNO4. The summed E-state index contributed by atoms with van der Waals surface area (Å²) in [6.45, 7) is 1.17. The number of carbonyl (C=O) groups is 2. The number of aliphatic hydroxyl groups is 1. The van der Waals surface area contributed by atoms with Gasteiger partial charge in [-0.15, -0.1) is 0 Å². The molecule has 0 aliphatic carbocycles. The van der Waals surface area contributed by atoms with Crippen LogP contribution in [0.15, 0.2) is 84.9 Å². The molecule has 0 fully saturated rings. The van der Waals surface area contributed by atoms with Crippen molar-refractivity contribution in [3.63, 3.8) is 0 Å². The van der Waals surface area contributed by atoms with Crippen LogP contribution in [0.25, 0.3) is 0 Å². The van der Waals surface area contributed by atoms with Crippen molar-refractivity contribution >= 4 is 11.9 Å². The average Bonchev–Trinajstić information content (AvgIpc) is 2.78. The monoisotopic (exact) mass is 407 g/mol. The summed E-state index contributed by atoms with van der Waals surface area (Å²) in [5.41, 5.74) is -0.672. The molecule has 3 rings (SSSR count). The van der Waals surface area contributed by atoms with Crippen molar-refractivity contribution in [2.24, 2.45) is 0 Å². The zero-order valence-corrected chi connectivity index (χ0v) is 16.4. The smallest absolute Gasteiger partial charge is 0.348 e. The number of hydrogen-bond acceptors (Lipinski definition) is 4. The SMILES string of the molecule is C[C@H](NC(=O)COC(=O)C(O)(c1ccccc1)c1ccccc1)c1ccc(F)cc1. The van der Waals surface area contributed by atoms with E-state index in [1.165, 1.54) is 12.1 Å². The lowest BCUT2D eigenvalue weighted by Crippen LogP contribution is -2.40. The summed E-state index contributed by atoms with van der Waals surface area (Å²) >= 11 is 0. The topological polar surface area (TPSA) is 75.6 Å². The molecule has 0 aliphatic rings. The van der Waals surface area contributed by atoms with Gasteiger partial charge in [0.15, 0.2) is 6.61 Å². The first-order valence-electron chi connectivity index (χ1n) is 9.46. The lowest BCUT2D eigenvalue weighted by molar-refractivity contribution is -0.164. The number of carbonyl (C=O) groups excluding carboxylic acids is 2. The van der Waals surface area contributed by atoms with E-state index < -0.39 is 30.1 Å². The molecule has 0 heterocycles. The standard InChI is InChI=1S/C24H22FNO4/c1-17(18-12-14-21(25)15-13-18)26-22(27)16-30-23(28)24(29,19-8-4-2-5-9-19)20-10-6-3-7-11-20/h2-15,17,29H,16H2,1H3,(H,26,27)/t17-/m0/s1. The van der Waals surface area contributed by atoms with Crippen LogP contribution >= 0.6 is 0 Å². The number of benzene rings is 3. The molecule has 0 aromatic heterocycles. The van der Waals surface area contributed by atoms with E-state index in [1.54, 1.807) is 79.7 Å². The van der Waals surface area contributed by atoms with Gasteiger partial charge in [-0.3, -0.25) is 4.79 Å². The second kappa shape index (κ2) is 9.33. The van der Waals surface area contributed by atoms with Crippen LogP contribution < -0.4 is 5.32 Å². The van der Waals surface area contributed by atoms with Gasteiger partial charge < -0.3 is 15.2 Å². The van der Waals surface area contributed by atoms with E-state index in [0.717, 1.165) is 0 Å². The van der Waals surface area contributed by atoms with Gasteiger partial charge in [0.25, 0.3) is 5.91 Å². The molecule has 30 heavy (non-hydrogen) atoms. The van der Waals surface area contributed by atoms with Crippen molar-refractivity contribution in [3.8, 4) is 0 Å². The van der Waals surface area contributed by atoms with Crippen LogP contribution in [0.1, 0.15) is 29.7 Å². The zero-order valence-electron chi connectivity index (χ0n) is 16.4. The van der Waals surface area contributed by atoms with Crippen LogP contribution in [0.4, 0.5) is 4.39 Å². The molecule has 0 aliphatic heterocycles. The van der Waals surface area contributed by atoms with E-state index in [4.69, 9.17) is 4.74 Å². The number of ether oxygens (including phenoxy) is 1. The minimum absolute atomic E-state index is 0.335. The number of amides is 1. The van der Waals surface area contributed by atoms with Gasteiger partial charge in [0.1, 0.15) is 5.82 Å². The molecule has 0 spiro atoms. The Morgan fingerprint density at radius 1 is 0.933 bits per heavy atom. The highest BCUT2D eigenvalue weighted by molar-refractivity contribution is 5.88. The van der Waals surface area contributed by atoms with E-state index in [-0.39, 0.29) is 5.82 Å². The van der Waals surface area contributed by atoms with Gasteiger partial charge in [-0.05, 0) is 35.7 Å². The molecule has 154 valence electrons. The molecule has 1 atom stereocenters. The maximum Gasteiger partial charge on any atom is 0.348 e. The van der Waals surface area contributed by atoms with Crippen molar-refractivity contribution in [1.29, 1.82) is 0 Å². The van der Waals surface area contributed by atoms with Gasteiger partial charge in [-0.1, -0.05) is 72.8 Å². The minimum atomic E-state index is -2.05. The summed E-state index contributed by atoms with van der Waals surface area (Å²) in [7, 11) is 0. The second-order valence-electron chi connectivity index (χ2n) is 6.86. The average molecular weight is 407 g/mol. The fourth-order valence-electron chi connectivity index (χ4n) is 3.11. The Kier molecular flexibility index (Phi) is 6.59. The normalized spacial score (nSPS) is 12.1. The molecule has 3 aromatic carbocycles. The van der Waals surface area contributed by atoms with Crippen LogP contribution in [0.2, 0.25) is 0 Å². The van der Waals surface area contributed by atoms with Crippen molar-refractivity contribution in [2.75, 3.05) is 6.61 Å². The van der Waals surface area contributed by atoms with Crippen molar-refractivity contribution in [1.82, 2.24) is 5.32 Å². The number of nitrogens with one attached hydrogen (secondary N) is 1. The Hall–Kier alpha value is -3.51. The highest BCUT2D eigenvalue weighted by Gasteiger charge is 2.41. The molecule has 1 amide bonds. The maximum atomic E-state index is 13.0. The number of hydrogen-bond donors (Lipinski definition) is 2. The Labute approximate surface area is 174 Å². The first kappa shape index (κ1) is 21.2. The second-order valence-corrected chi connectivity index (χ2v) is 6.86. The summed E-state index contributed by atoms with van der Waals surface area (Å²) in [5, 5.41) is 14.0. The molecule has 0 saturated heterocycles.